The fraction of sp³-hybridized carbons (Fsp3) is 0.733. The van der Waals surface area contributed by atoms with Gasteiger partial charge in [-0.25, -0.2) is 4.98 Å². The van der Waals surface area contributed by atoms with Gasteiger partial charge in [-0.1, -0.05) is 26.2 Å². The van der Waals surface area contributed by atoms with Gasteiger partial charge in [0.1, 0.15) is 11.6 Å². The molecule has 1 rings (SSSR count). The smallest absolute Gasteiger partial charge is 0.222 e. The van der Waals surface area contributed by atoms with Crippen LogP contribution in [0.1, 0.15) is 57.3 Å². The molecule has 4 nitrogen and oxygen atoms in total. The van der Waals surface area contributed by atoms with Gasteiger partial charge in [-0.15, -0.1) is 0 Å². The zero-order valence-electron chi connectivity index (χ0n) is 12.9. The van der Waals surface area contributed by atoms with Crippen LogP contribution in [0.15, 0.2) is 0 Å². The van der Waals surface area contributed by atoms with Crippen molar-refractivity contribution >= 4 is 5.82 Å². The highest BCUT2D eigenvalue weighted by molar-refractivity contribution is 5.47. The number of nitrogens with zero attached hydrogens (tertiary/aromatic N) is 2. The van der Waals surface area contributed by atoms with E-state index in [0.717, 1.165) is 23.6 Å². The Kier molecular flexibility index (Phi) is 6.60. The van der Waals surface area contributed by atoms with Gasteiger partial charge < -0.3 is 10.1 Å². The number of unbranched alkanes of at least 4 members (excludes halogenated alkanes) is 3. The monoisotopic (exact) mass is 265 g/mol. The highest BCUT2D eigenvalue weighted by Crippen LogP contribution is 2.23. The van der Waals surface area contributed by atoms with Crippen molar-refractivity contribution in [2.75, 3.05) is 12.4 Å². The lowest BCUT2D eigenvalue weighted by Crippen LogP contribution is -2.15. The van der Waals surface area contributed by atoms with Crippen molar-refractivity contribution in [2.45, 2.75) is 65.9 Å². The molecule has 0 aliphatic carbocycles. The molecule has 0 saturated heterocycles. The van der Waals surface area contributed by atoms with Crippen molar-refractivity contribution in [3.8, 4) is 5.88 Å². The lowest BCUT2D eigenvalue weighted by Gasteiger charge is -2.17. The number of anilines is 1. The highest BCUT2D eigenvalue weighted by atomic mass is 16.5. The average molecular weight is 265 g/mol. The van der Waals surface area contributed by atoms with Crippen LogP contribution in [0.25, 0.3) is 0 Å². The summed E-state index contributed by atoms with van der Waals surface area (Å²) in [5.74, 6) is 2.30. The first-order valence-corrected chi connectivity index (χ1v) is 7.28. The number of ether oxygens (including phenoxy) is 1. The average Bonchev–Trinajstić information content (AvgIpc) is 2.38. The molecule has 1 atom stereocenters. The summed E-state index contributed by atoms with van der Waals surface area (Å²) in [7, 11) is 1.87. The number of hydrogen-bond acceptors (Lipinski definition) is 4. The molecular weight excluding hydrogens is 238 g/mol. The summed E-state index contributed by atoms with van der Waals surface area (Å²) in [4.78, 5) is 8.74. The van der Waals surface area contributed by atoms with Crippen LogP contribution in [-0.4, -0.2) is 23.1 Å². The topological polar surface area (TPSA) is 47.0 Å². The minimum Gasteiger partial charge on any atom is -0.474 e. The zero-order chi connectivity index (χ0) is 14.3. The van der Waals surface area contributed by atoms with E-state index in [0.29, 0.717) is 5.88 Å². The van der Waals surface area contributed by atoms with Gasteiger partial charge in [0.15, 0.2) is 0 Å². The molecule has 0 fully saturated rings. The first-order chi connectivity index (χ1) is 9.08. The van der Waals surface area contributed by atoms with E-state index in [2.05, 4.69) is 29.1 Å². The van der Waals surface area contributed by atoms with E-state index in [1.807, 2.05) is 20.9 Å². The van der Waals surface area contributed by atoms with Crippen LogP contribution in [0, 0.1) is 13.8 Å². The maximum atomic E-state index is 5.96. The normalized spacial score (nSPS) is 12.3. The Morgan fingerprint density at radius 2 is 1.89 bits per heavy atom. The molecule has 19 heavy (non-hydrogen) atoms. The fourth-order valence-corrected chi connectivity index (χ4v) is 2.07. The Morgan fingerprint density at radius 3 is 2.53 bits per heavy atom. The van der Waals surface area contributed by atoms with Crippen LogP contribution in [-0.2, 0) is 0 Å². The lowest BCUT2D eigenvalue weighted by molar-refractivity contribution is 0.196. The molecule has 4 heteroatoms. The van der Waals surface area contributed by atoms with Gasteiger partial charge in [0.2, 0.25) is 5.88 Å². The number of rotatable bonds is 8. The Hall–Kier alpha value is -1.32. The van der Waals surface area contributed by atoms with Gasteiger partial charge in [-0.05, 0) is 33.6 Å². The molecule has 0 aliphatic rings. The molecule has 0 bridgehead atoms. The minimum absolute atomic E-state index is 0.203. The van der Waals surface area contributed by atoms with E-state index in [-0.39, 0.29) is 6.10 Å². The summed E-state index contributed by atoms with van der Waals surface area (Å²) in [6.45, 7) is 8.22. The molecule has 108 valence electrons. The first kappa shape index (κ1) is 15.7. The number of aromatic nitrogens is 2. The van der Waals surface area contributed by atoms with Crippen LogP contribution in [0.4, 0.5) is 5.82 Å². The summed E-state index contributed by atoms with van der Waals surface area (Å²) in [5, 5.41) is 3.08. The molecular formula is C15H27N3O. The second-order valence-electron chi connectivity index (χ2n) is 5.08. The summed E-state index contributed by atoms with van der Waals surface area (Å²) >= 11 is 0. The van der Waals surface area contributed by atoms with Crippen molar-refractivity contribution in [3.05, 3.63) is 11.4 Å². The Labute approximate surface area is 117 Å². The van der Waals surface area contributed by atoms with Crippen molar-refractivity contribution in [1.82, 2.24) is 9.97 Å². The molecule has 0 aliphatic heterocycles. The van der Waals surface area contributed by atoms with Gasteiger partial charge in [-0.2, -0.15) is 4.98 Å². The molecule has 0 radical (unpaired) electrons. The van der Waals surface area contributed by atoms with Gasteiger partial charge in [0.25, 0.3) is 0 Å². The standard InChI is InChI=1S/C15H27N3O/c1-6-7-8-9-10-11(2)19-15-12(3)14(16-5)17-13(4)18-15/h11H,6-10H2,1-5H3,(H,16,17,18). The molecule has 0 amide bonds. The quantitative estimate of drug-likeness (QED) is 0.725. The van der Waals surface area contributed by atoms with Crippen molar-refractivity contribution in [3.63, 3.8) is 0 Å². The number of nitrogens with one attached hydrogen (secondary N) is 1. The SMILES string of the molecule is CCCCCCC(C)Oc1nc(C)nc(NC)c1C. The first-order valence-electron chi connectivity index (χ1n) is 7.28. The molecule has 0 spiro atoms. The van der Waals surface area contributed by atoms with E-state index in [1.165, 1.54) is 25.7 Å². The number of aryl methyl sites for hydroxylation is 1. The second-order valence-corrected chi connectivity index (χ2v) is 5.08. The maximum Gasteiger partial charge on any atom is 0.222 e. The van der Waals surface area contributed by atoms with Gasteiger partial charge in [-0.3, -0.25) is 0 Å². The third-order valence-electron chi connectivity index (χ3n) is 3.23. The van der Waals surface area contributed by atoms with Gasteiger partial charge >= 0.3 is 0 Å². The molecule has 1 unspecified atom stereocenters. The van der Waals surface area contributed by atoms with E-state index in [1.54, 1.807) is 0 Å². The number of hydrogen-bond donors (Lipinski definition) is 1. The van der Waals surface area contributed by atoms with E-state index in [9.17, 15) is 0 Å². The fourth-order valence-electron chi connectivity index (χ4n) is 2.07. The summed E-state index contributed by atoms with van der Waals surface area (Å²) in [6.07, 6.45) is 6.37. The molecule has 0 aromatic carbocycles. The van der Waals surface area contributed by atoms with E-state index in [4.69, 9.17) is 4.74 Å². The summed E-state index contributed by atoms with van der Waals surface area (Å²) < 4.78 is 5.96. The Balaban J connectivity index is 2.58. The van der Waals surface area contributed by atoms with Crippen LogP contribution in [0.3, 0.4) is 0 Å². The third kappa shape index (κ3) is 5.05. The van der Waals surface area contributed by atoms with Crippen LogP contribution in [0.5, 0.6) is 5.88 Å². The molecule has 1 aromatic heterocycles. The van der Waals surface area contributed by atoms with Crippen molar-refractivity contribution in [2.24, 2.45) is 0 Å². The summed E-state index contributed by atoms with van der Waals surface area (Å²) in [6, 6.07) is 0. The third-order valence-corrected chi connectivity index (χ3v) is 3.23. The maximum absolute atomic E-state index is 5.96. The molecule has 0 saturated carbocycles. The predicted molar refractivity (Wildman–Crippen MR) is 79.9 cm³/mol. The van der Waals surface area contributed by atoms with Crippen LogP contribution < -0.4 is 10.1 Å². The van der Waals surface area contributed by atoms with Crippen molar-refractivity contribution < 1.29 is 4.74 Å². The van der Waals surface area contributed by atoms with E-state index >= 15 is 0 Å². The highest BCUT2D eigenvalue weighted by Gasteiger charge is 2.12. The lowest BCUT2D eigenvalue weighted by atomic mass is 10.1. The molecule has 1 N–H and O–H groups in total. The van der Waals surface area contributed by atoms with E-state index < -0.39 is 0 Å². The molecule has 1 aromatic rings. The van der Waals surface area contributed by atoms with Crippen molar-refractivity contribution in [1.29, 1.82) is 0 Å². The van der Waals surface area contributed by atoms with Gasteiger partial charge in [0, 0.05) is 7.05 Å². The van der Waals surface area contributed by atoms with Crippen LogP contribution >= 0.6 is 0 Å². The van der Waals surface area contributed by atoms with Crippen LogP contribution in [0.2, 0.25) is 0 Å². The predicted octanol–water partition coefficient (Wildman–Crippen LogP) is 3.87. The largest absolute Gasteiger partial charge is 0.474 e. The minimum atomic E-state index is 0.203. The Morgan fingerprint density at radius 1 is 1.16 bits per heavy atom. The molecule has 1 heterocycles. The Bertz CT molecular complexity index is 393. The van der Waals surface area contributed by atoms with Gasteiger partial charge in [0.05, 0.1) is 11.7 Å². The zero-order valence-corrected chi connectivity index (χ0v) is 12.9. The second kappa shape index (κ2) is 7.97. The summed E-state index contributed by atoms with van der Waals surface area (Å²) in [5.41, 5.74) is 0.980.